The molecule has 1 atom stereocenters. The van der Waals surface area contributed by atoms with Crippen LogP contribution in [0.1, 0.15) is 61.5 Å². The molecule has 0 radical (unpaired) electrons. The Balaban J connectivity index is 0.00000127. The first-order chi connectivity index (χ1) is 10.9. The molecule has 0 amide bonds. The first-order valence-corrected chi connectivity index (χ1v) is 9.04. The van der Waals surface area contributed by atoms with Crippen molar-refractivity contribution in [3.63, 3.8) is 0 Å². The van der Waals surface area contributed by atoms with Gasteiger partial charge in [0.05, 0.1) is 12.2 Å². The fourth-order valence-corrected chi connectivity index (χ4v) is 3.38. The highest BCUT2D eigenvalue weighted by molar-refractivity contribution is 8.03. The lowest BCUT2D eigenvalue weighted by Crippen LogP contribution is -2.06. The molecular formula is C19H28O3S. The molecule has 1 unspecified atom stereocenters. The number of allylic oxidation sites excluding steroid dienone is 1. The fraction of sp³-hybridized carbons (Fsp3) is 0.526. The van der Waals surface area contributed by atoms with Crippen LogP contribution in [0.15, 0.2) is 28.5 Å². The standard InChI is InChI=1S/C17H22O3S.C2H6/c1-10(2)12(4)21-16-8-14(17(18)19)7-15(11(16)3)13-5-6-20-9-13;1-2/h7-8,10,13H,4-6,9H2,1-3H3,(H,18,19);1-2H3. The van der Waals surface area contributed by atoms with E-state index in [0.29, 0.717) is 24.0 Å². The van der Waals surface area contributed by atoms with E-state index in [1.165, 1.54) is 0 Å². The van der Waals surface area contributed by atoms with Gasteiger partial charge < -0.3 is 9.84 Å². The minimum atomic E-state index is -0.882. The molecule has 3 nitrogen and oxygen atoms in total. The van der Waals surface area contributed by atoms with Gasteiger partial charge in [-0.15, -0.1) is 0 Å². The second-order valence-corrected chi connectivity index (χ2v) is 6.95. The average Bonchev–Trinajstić information content (AvgIpc) is 3.05. The molecule has 0 aliphatic carbocycles. The number of carboxylic acids is 1. The summed E-state index contributed by atoms with van der Waals surface area (Å²) in [6.45, 7) is 15.8. The van der Waals surface area contributed by atoms with Crippen LogP contribution in [0.2, 0.25) is 0 Å². The van der Waals surface area contributed by atoms with Gasteiger partial charge in [0, 0.05) is 17.4 Å². The summed E-state index contributed by atoms with van der Waals surface area (Å²) in [4.78, 5) is 13.4. The van der Waals surface area contributed by atoms with Crippen molar-refractivity contribution in [3.05, 3.63) is 40.3 Å². The van der Waals surface area contributed by atoms with Crippen molar-refractivity contribution in [2.45, 2.75) is 51.9 Å². The average molecular weight is 336 g/mol. The minimum Gasteiger partial charge on any atom is -0.478 e. The molecule has 1 N–H and O–H groups in total. The summed E-state index contributed by atoms with van der Waals surface area (Å²) in [6, 6.07) is 3.56. The number of thioether (sulfide) groups is 1. The third-order valence-corrected chi connectivity index (χ3v) is 5.28. The van der Waals surface area contributed by atoms with Crippen LogP contribution in [0.5, 0.6) is 0 Å². The maximum atomic E-state index is 11.4. The number of ether oxygens (including phenoxy) is 1. The van der Waals surface area contributed by atoms with E-state index in [9.17, 15) is 9.90 Å². The zero-order valence-corrected chi connectivity index (χ0v) is 15.6. The van der Waals surface area contributed by atoms with E-state index in [-0.39, 0.29) is 0 Å². The molecule has 0 saturated carbocycles. The van der Waals surface area contributed by atoms with E-state index < -0.39 is 5.97 Å². The fourth-order valence-electron chi connectivity index (χ4n) is 2.40. The number of aromatic carboxylic acids is 1. The summed E-state index contributed by atoms with van der Waals surface area (Å²) in [7, 11) is 0. The van der Waals surface area contributed by atoms with E-state index in [2.05, 4.69) is 27.4 Å². The lowest BCUT2D eigenvalue weighted by atomic mass is 9.92. The van der Waals surface area contributed by atoms with Crippen LogP contribution in [0.3, 0.4) is 0 Å². The van der Waals surface area contributed by atoms with Gasteiger partial charge in [0.2, 0.25) is 0 Å². The Kier molecular flexibility index (Phi) is 7.86. The number of carbonyl (C=O) groups is 1. The lowest BCUT2D eigenvalue weighted by Gasteiger charge is -2.18. The molecule has 128 valence electrons. The molecule has 1 fully saturated rings. The van der Waals surface area contributed by atoms with Gasteiger partial charge in [0.25, 0.3) is 0 Å². The van der Waals surface area contributed by atoms with Crippen LogP contribution in [-0.4, -0.2) is 24.3 Å². The molecule has 1 heterocycles. The second-order valence-electron chi connectivity index (χ2n) is 5.78. The van der Waals surface area contributed by atoms with Crippen LogP contribution in [0.25, 0.3) is 0 Å². The third kappa shape index (κ3) is 5.11. The number of carboxylic acid groups (broad SMARTS) is 1. The first kappa shape index (κ1) is 19.8. The molecule has 1 aliphatic heterocycles. The van der Waals surface area contributed by atoms with Crippen molar-refractivity contribution >= 4 is 17.7 Å². The maximum absolute atomic E-state index is 11.4. The van der Waals surface area contributed by atoms with E-state index in [1.807, 2.05) is 13.8 Å². The maximum Gasteiger partial charge on any atom is 0.335 e. The Morgan fingerprint density at radius 1 is 1.39 bits per heavy atom. The number of hydrogen-bond acceptors (Lipinski definition) is 3. The third-order valence-electron chi connectivity index (χ3n) is 3.90. The highest BCUT2D eigenvalue weighted by Gasteiger charge is 2.23. The summed E-state index contributed by atoms with van der Waals surface area (Å²) >= 11 is 1.58. The van der Waals surface area contributed by atoms with Gasteiger partial charge in [-0.1, -0.05) is 46.0 Å². The van der Waals surface area contributed by atoms with Gasteiger partial charge in [-0.3, -0.25) is 0 Å². The molecule has 1 saturated heterocycles. The van der Waals surface area contributed by atoms with Crippen molar-refractivity contribution in [2.75, 3.05) is 13.2 Å². The summed E-state index contributed by atoms with van der Waals surface area (Å²) in [6.07, 6.45) is 0.957. The van der Waals surface area contributed by atoms with E-state index >= 15 is 0 Å². The van der Waals surface area contributed by atoms with Crippen molar-refractivity contribution < 1.29 is 14.6 Å². The minimum absolute atomic E-state index is 0.302. The number of hydrogen-bond donors (Lipinski definition) is 1. The second kappa shape index (κ2) is 9.14. The lowest BCUT2D eigenvalue weighted by molar-refractivity contribution is 0.0696. The Hall–Kier alpha value is -1.26. The van der Waals surface area contributed by atoms with E-state index in [0.717, 1.165) is 34.0 Å². The summed E-state index contributed by atoms with van der Waals surface area (Å²) in [5.41, 5.74) is 2.61. The molecule has 0 aromatic heterocycles. The van der Waals surface area contributed by atoms with Gasteiger partial charge in [-0.25, -0.2) is 4.79 Å². The van der Waals surface area contributed by atoms with Crippen LogP contribution in [0.4, 0.5) is 0 Å². The highest BCUT2D eigenvalue weighted by Crippen LogP contribution is 2.38. The first-order valence-electron chi connectivity index (χ1n) is 8.22. The Bertz CT molecular complexity index is 558. The molecule has 0 bridgehead atoms. The highest BCUT2D eigenvalue weighted by atomic mass is 32.2. The smallest absolute Gasteiger partial charge is 0.335 e. The van der Waals surface area contributed by atoms with Crippen LogP contribution in [-0.2, 0) is 4.74 Å². The zero-order valence-electron chi connectivity index (χ0n) is 14.8. The van der Waals surface area contributed by atoms with E-state index in [4.69, 9.17) is 4.74 Å². The molecule has 0 spiro atoms. The molecule has 1 aromatic carbocycles. The Morgan fingerprint density at radius 2 is 2.04 bits per heavy atom. The van der Waals surface area contributed by atoms with Gasteiger partial charge >= 0.3 is 5.97 Å². The molecule has 4 heteroatoms. The largest absolute Gasteiger partial charge is 0.478 e. The normalized spacial score (nSPS) is 16.9. The van der Waals surface area contributed by atoms with Crippen LogP contribution in [0, 0.1) is 12.8 Å². The SMILES string of the molecule is C=C(Sc1cc(C(=O)O)cc(C2CCOC2)c1C)C(C)C.CC. The van der Waals surface area contributed by atoms with Gasteiger partial charge in [0.15, 0.2) is 0 Å². The predicted molar refractivity (Wildman–Crippen MR) is 97.5 cm³/mol. The van der Waals surface area contributed by atoms with Gasteiger partial charge in [0.1, 0.15) is 0 Å². The molecule has 1 aromatic rings. The monoisotopic (exact) mass is 336 g/mol. The summed E-state index contributed by atoms with van der Waals surface area (Å²) in [5.74, 6) is -0.218. The summed E-state index contributed by atoms with van der Waals surface area (Å²) < 4.78 is 5.45. The van der Waals surface area contributed by atoms with Crippen molar-refractivity contribution in [2.24, 2.45) is 5.92 Å². The van der Waals surface area contributed by atoms with Gasteiger partial charge in [-0.05, 0) is 47.4 Å². The van der Waals surface area contributed by atoms with Gasteiger partial charge in [-0.2, -0.15) is 0 Å². The van der Waals surface area contributed by atoms with Crippen LogP contribution >= 0.6 is 11.8 Å². The molecule has 1 aliphatic rings. The van der Waals surface area contributed by atoms with Crippen molar-refractivity contribution in [1.82, 2.24) is 0 Å². The van der Waals surface area contributed by atoms with Crippen molar-refractivity contribution in [3.8, 4) is 0 Å². The molecular weight excluding hydrogens is 308 g/mol. The molecule has 23 heavy (non-hydrogen) atoms. The quantitative estimate of drug-likeness (QED) is 0.723. The molecule has 2 rings (SSSR count). The zero-order chi connectivity index (χ0) is 17.6. The summed E-state index contributed by atoms with van der Waals surface area (Å²) in [5, 5.41) is 9.35. The number of benzene rings is 1. The van der Waals surface area contributed by atoms with Crippen LogP contribution < -0.4 is 0 Å². The van der Waals surface area contributed by atoms with E-state index in [1.54, 1.807) is 23.9 Å². The Labute approximate surface area is 144 Å². The van der Waals surface area contributed by atoms with Crippen molar-refractivity contribution in [1.29, 1.82) is 0 Å². The predicted octanol–water partition coefficient (Wildman–Crippen LogP) is 5.49. The Morgan fingerprint density at radius 3 is 2.52 bits per heavy atom. The number of rotatable bonds is 5. The topological polar surface area (TPSA) is 46.5 Å².